The van der Waals surface area contributed by atoms with Gasteiger partial charge in [0.1, 0.15) is 11.6 Å². The molecule has 3 N–H and O–H groups in total. The molecule has 2 heterocycles. The van der Waals surface area contributed by atoms with Crippen LogP contribution in [0.5, 0.6) is 5.75 Å². The van der Waals surface area contributed by atoms with E-state index >= 15 is 0 Å². The molecule has 6 nitrogen and oxygen atoms in total. The number of benzene rings is 2. The average molecular weight is 369 g/mol. The van der Waals surface area contributed by atoms with Crippen molar-refractivity contribution in [3.8, 4) is 17.1 Å². The van der Waals surface area contributed by atoms with Gasteiger partial charge >= 0.3 is 0 Å². The Morgan fingerprint density at radius 3 is 2.78 bits per heavy atom. The number of nitrogens with one attached hydrogen (secondary N) is 3. The first-order valence-electron chi connectivity index (χ1n) is 8.31. The Balaban J connectivity index is 1.71. The summed E-state index contributed by atoms with van der Waals surface area (Å²) >= 11 is 0. The zero-order valence-corrected chi connectivity index (χ0v) is 14.7. The molecule has 0 bridgehead atoms. The zero-order chi connectivity index (χ0) is 19.0. The summed E-state index contributed by atoms with van der Waals surface area (Å²) in [5.41, 5.74) is 10.1. The van der Waals surface area contributed by atoms with E-state index in [2.05, 4.69) is 26.1 Å². The van der Waals surface area contributed by atoms with Crippen molar-refractivity contribution in [2.24, 2.45) is 0 Å². The molecule has 0 amide bonds. The molecule has 1 aromatic heterocycles. The van der Waals surface area contributed by atoms with Gasteiger partial charge in [0.15, 0.2) is 17.5 Å². The van der Waals surface area contributed by atoms with Crippen LogP contribution in [-0.4, -0.2) is 17.1 Å². The van der Waals surface area contributed by atoms with Crippen LogP contribution in [0, 0.1) is 18.6 Å². The molecule has 138 valence electrons. The molecule has 0 saturated heterocycles. The number of ether oxygens (including phenoxy) is 1. The number of hydrogen-bond acceptors (Lipinski definition) is 6. The molecule has 0 atom stereocenters. The van der Waals surface area contributed by atoms with E-state index < -0.39 is 11.6 Å². The lowest BCUT2D eigenvalue weighted by molar-refractivity contribution is 0.417. The van der Waals surface area contributed by atoms with E-state index in [9.17, 15) is 8.78 Å². The normalized spacial score (nSPS) is 12.4. The Labute approximate surface area is 154 Å². The maximum atomic E-state index is 13.5. The first-order valence-corrected chi connectivity index (χ1v) is 8.31. The highest BCUT2D eigenvalue weighted by Gasteiger charge is 2.16. The van der Waals surface area contributed by atoms with Crippen LogP contribution in [0.4, 0.5) is 26.0 Å². The summed E-state index contributed by atoms with van der Waals surface area (Å²) < 4.78 is 32.2. The van der Waals surface area contributed by atoms with Crippen LogP contribution in [0.15, 0.2) is 36.5 Å². The second kappa shape index (κ2) is 6.81. The third kappa shape index (κ3) is 3.26. The third-order valence-corrected chi connectivity index (χ3v) is 4.33. The van der Waals surface area contributed by atoms with Crippen LogP contribution in [0.3, 0.4) is 0 Å². The molecule has 3 aromatic rings. The number of aromatic nitrogens is 2. The minimum Gasteiger partial charge on any atom is -0.494 e. The summed E-state index contributed by atoms with van der Waals surface area (Å²) in [5.74, 6) is -0.342. The van der Waals surface area contributed by atoms with Crippen molar-refractivity contribution in [1.82, 2.24) is 15.4 Å². The highest BCUT2D eigenvalue weighted by atomic mass is 19.2. The van der Waals surface area contributed by atoms with Gasteiger partial charge in [0.2, 0.25) is 0 Å². The molecule has 1 aliphatic heterocycles. The summed E-state index contributed by atoms with van der Waals surface area (Å²) in [4.78, 5) is 8.71. The minimum atomic E-state index is -0.938. The average Bonchev–Trinajstić information content (AvgIpc) is 3.12. The third-order valence-electron chi connectivity index (χ3n) is 4.33. The molecule has 2 aromatic carbocycles. The molecule has 4 rings (SSSR count). The van der Waals surface area contributed by atoms with E-state index in [1.54, 1.807) is 13.3 Å². The molecule has 8 heteroatoms. The lowest BCUT2D eigenvalue weighted by Crippen LogP contribution is -2.10. The number of aryl methyl sites for hydroxylation is 1. The Kier molecular flexibility index (Phi) is 4.33. The molecule has 0 saturated carbocycles. The molecular formula is C19H17F2N5O. The summed E-state index contributed by atoms with van der Waals surface area (Å²) in [6.45, 7) is 2.55. The van der Waals surface area contributed by atoms with Crippen molar-refractivity contribution >= 4 is 17.2 Å². The number of hydrogen-bond donors (Lipinski definition) is 3. The van der Waals surface area contributed by atoms with Crippen LogP contribution in [0.25, 0.3) is 11.4 Å². The van der Waals surface area contributed by atoms with Gasteiger partial charge in [-0.1, -0.05) is 0 Å². The highest BCUT2D eigenvalue weighted by molar-refractivity contribution is 5.73. The second-order valence-corrected chi connectivity index (χ2v) is 6.17. The van der Waals surface area contributed by atoms with E-state index in [1.807, 2.05) is 19.1 Å². The predicted molar refractivity (Wildman–Crippen MR) is 98.9 cm³/mol. The van der Waals surface area contributed by atoms with E-state index in [0.717, 1.165) is 34.6 Å². The van der Waals surface area contributed by atoms with Gasteiger partial charge in [-0.3, -0.25) is 0 Å². The lowest BCUT2D eigenvalue weighted by Gasteiger charge is -2.14. The van der Waals surface area contributed by atoms with Crippen LogP contribution >= 0.6 is 0 Å². The Morgan fingerprint density at radius 2 is 2.00 bits per heavy atom. The number of anilines is 3. The number of halogens is 2. The monoisotopic (exact) mass is 369 g/mol. The summed E-state index contributed by atoms with van der Waals surface area (Å²) in [5, 5.41) is 3.26. The smallest absolute Gasteiger partial charge is 0.161 e. The number of nitrogens with zero attached hydrogens (tertiary/aromatic N) is 2. The van der Waals surface area contributed by atoms with Crippen molar-refractivity contribution in [3.63, 3.8) is 0 Å². The first kappa shape index (κ1) is 17.2. The van der Waals surface area contributed by atoms with E-state index in [4.69, 9.17) is 4.74 Å². The molecule has 0 radical (unpaired) electrons. The quantitative estimate of drug-likeness (QED) is 0.648. The largest absolute Gasteiger partial charge is 0.494 e. The molecule has 0 aliphatic carbocycles. The molecule has 27 heavy (non-hydrogen) atoms. The number of rotatable bonds is 4. The highest BCUT2D eigenvalue weighted by Crippen LogP contribution is 2.35. The SMILES string of the molecule is COc1cc2c(cc1Nc1nc(-c3ccc(F)c(F)c3)ncc1C)CNN2. The van der Waals surface area contributed by atoms with Gasteiger partial charge in [-0.05, 0) is 36.8 Å². The number of fused-ring (bicyclic) bond motifs is 1. The topological polar surface area (TPSA) is 71.1 Å². The van der Waals surface area contributed by atoms with Crippen molar-refractivity contribution in [3.05, 3.63) is 59.3 Å². The van der Waals surface area contributed by atoms with Crippen molar-refractivity contribution in [2.75, 3.05) is 17.9 Å². The summed E-state index contributed by atoms with van der Waals surface area (Å²) in [7, 11) is 1.59. The van der Waals surface area contributed by atoms with E-state index in [1.165, 1.54) is 6.07 Å². The van der Waals surface area contributed by atoms with Crippen LogP contribution in [-0.2, 0) is 6.54 Å². The van der Waals surface area contributed by atoms with Crippen LogP contribution in [0.2, 0.25) is 0 Å². The van der Waals surface area contributed by atoms with Crippen LogP contribution in [0.1, 0.15) is 11.1 Å². The Hall–Kier alpha value is -3.26. The van der Waals surface area contributed by atoms with E-state index in [0.29, 0.717) is 29.5 Å². The molecule has 0 fully saturated rings. The number of methoxy groups -OCH3 is 1. The first-order chi connectivity index (χ1) is 13.0. The van der Waals surface area contributed by atoms with Crippen LogP contribution < -0.4 is 20.9 Å². The van der Waals surface area contributed by atoms with Gasteiger partial charge < -0.3 is 15.5 Å². The van der Waals surface area contributed by atoms with Gasteiger partial charge in [-0.25, -0.2) is 24.2 Å². The van der Waals surface area contributed by atoms with Crippen molar-refractivity contribution < 1.29 is 13.5 Å². The van der Waals surface area contributed by atoms with E-state index in [-0.39, 0.29) is 0 Å². The molecule has 0 unspecified atom stereocenters. The Morgan fingerprint density at radius 1 is 1.15 bits per heavy atom. The Bertz CT molecular complexity index is 1030. The maximum Gasteiger partial charge on any atom is 0.161 e. The molecule has 1 aliphatic rings. The van der Waals surface area contributed by atoms with Gasteiger partial charge in [0.25, 0.3) is 0 Å². The maximum absolute atomic E-state index is 13.5. The fraction of sp³-hybridized carbons (Fsp3) is 0.158. The minimum absolute atomic E-state index is 0.297. The molecular weight excluding hydrogens is 352 g/mol. The second-order valence-electron chi connectivity index (χ2n) is 6.17. The zero-order valence-electron chi connectivity index (χ0n) is 14.7. The summed E-state index contributed by atoms with van der Waals surface area (Å²) in [6, 6.07) is 7.45. The summed E-state index contributed by atoms with van der Waals surface area (Å²) in [6.07, 6.45) is 1.63. The number of hydrazine groups is 1. The van der Waals surface area contributed by atoms with Crippen molar-refractivity contribution in [2.45, 2.75) is 13.5 Å². The van der Waals surface area contributed by atoms with Gasteiger partial charge in [0.05, 0.1) is 18.5 Å². The predicted octanol–water partition coefficient (Wildman–Crippen LogP) is 3.91. The van der Waals surface area contributed by atoms with Gasteiger partial charge in [0, 0.05) is 29.9 Å². The van der Waals surface area contributed by atoms with Gasteiger partial charge in [-0.15, -0.1) is 0 Å². The molecule has 0 spiro atoms. The van der Waals surface area contributed by atoms with Gasteiger partial charge in [-0.2, -0.15) is 0 Å². The lowest BCUT2D eigenvalue weighted by atomic mass is 10.1. The fourth-order valence-electron chi connectivity index (χ4n) is 2.86. The van der Waals surface area contributed by atoms with Crippen molar-refractivity contribution in [1.29, 1.82) is 0 Å². The standard InChI is InChI=1S/C19H17F2N5O/c1-10-8-22-19(11-3-4-13(20)14(21)5-11)25-18(10)24-16-6-12-9-23-26-15(12)7-17(16)27-2/h3-8,23,26H,9H2,1-2H3,(H,22,24,25). The fourth-order valence-corrected chi connectivity index (χ4v) is 2.86.